The number of nitrogens with zero attached hydrogens (tertiary/aromatic N) is 1. The number of halogens is 2. The molecule has 1 aromatic carbocycles. The number of carbonyl (C=O) groups is 2. The fraction of sp³-hybridized carbons (Fsp3) is 0.529. The highest BCUT2D eigenvalue weighted by Gasteiger charge is 2.20. The van der Waals surface area contributed by atoms with Crippen LogP contribution in [0.25, 0.3) is 0 Å². The summed E-state index contributed by atoms with van der Waals surface area (Å²) in [6.07, 6.45) is 0. The van der Waals surface area contributed by atoms with Crippen LogP contribution in [0.2, 0.25) is 0 Å². The van der Waals surface area contributed by atoms with E-state index in [0.29, 0.717) is 12.6 Å². The Labute approximate surface area is 153 Å². The van der Waals surface area contributed by atoms with Crippen LogP contribution in [0.15, 0.2) is 24.3 Å². The number of carbonyl (C=O) groups excluding carboxylic acids is 2. The maximum absolute atomic E-state index is 12.9. The summed E-state index contributed by atoms with van der Waals surface area (Å²) >= 11 is 0. The van der Waals surface area contributed by atoms with Crippen LogP contribution in [-0.4, -0.2) is 55.5 Å². The minimum Gasteiger partial charge on any atom is -0.348 e. The van der Waals surface area contributed by atoms with Crippen molar-refractivity contribution in [3.05, 3.63) is 35.6 Å². The van der Waals surface area contributed by atoms with Gasteiger partial charge in [-0.3, -0.25) is 14.5 Å². The molecule has 2 rings (SSSR count). The first-order chi connectivity index (χ1) is 11.5. The third-order valence-electron chi connectivity index (χ3n) is 4.18. The van der Waals surface area contributed by atoms with Gasteiger partial charge in [0, 0.05) is 25.7 Å². The van der Waals surface area contributed by atoms with Crippen LogP contribution in [0.5, 0.6) is 0 Å². The van der Waals surface area contributed by atoms with Crippen molar-refractivity contribution in [1.82, 2.24) is 20.9 Å². The molecule has 1 aromatic rings. The van der Waals surface area contributed by atoms with E-state index in [4.69, 9.17) is 0 Å². The van der Waals surface area contributed by atoms with Gasteiger partial charge in [-0.15, -0.1) is 12.4 Å². The average molecular weight is 373 g/mol. The molecule has 0 spiro atoms. The quantitative estimate of drug-likeness (QED) is 0.691. The Balaban J connectivity index is 0.00000312. The second kappa shape index (κ2) is 10.3. The molecule has 3 N–H and O–H groups in total. The predicted octanol–water partition coefficient (Wildman–Crippen LogP) is 0.835. The molecule has 0 aromatic heterocycles. The summed E-state index contributed by atoms with van der Waals surface area (Å²) in [6.45, 7) is 6.67. The Morgan fingerprint density at radius 2 is 2.00 bits per heavy atom. The van der Waals surface area contributed by atoms with Gasteiger partial charge in [0.25, 0.3) is 0 Å². The highest BCUT2D eigenvalue weighted by molar-refractivity contribution is 5.86. The zero-order valence-corrected chi connectivity index (χ0v) is 15.4. The summed E-state index contributed by atoms with van der Waals surface area (Å²) in [5.41, 5.74) is 0.811. The van der Waals surface area contributed by atoms with Gasteiger partial charge < -0.3 is 16.0 Å². The van der Waals surface area contributed by atoms with Crippen LogP contribution in [0.3, 0.4) is 0 Å². The molecule has 6 nitrogen and oxygen atoms in total. The first-order valence-electron chi connectivity index (χ1n) is 8.22. The Kier molecular flexibility index (Phi) is 8.82. The van der Waals surface area contributed by atoms with Crippen LogP contribution in [-0.2, 0) is 9.59 Å². The minimum atomic E-state index is -0.313. The highest BCUT2D eigenvalue weighted by Crippen LogP contribution is 2.12. The van der Waals surface area contributed by atoms with Gasteiger partial charge in [-0.1, -0.05) is 12.1 Å². The van der Waals surface area contributed by atoms with Crippen molar-refractivity contribution < 1.29 is 14.0 Å². The van der Waals surface area contributed by atoms with E-state index in [1.807, 2.05) is 6.92 Å². The van der Waals surface area contributed by atoms with Gasteiger partial charge in [0.05, 0.1) is 19.1 Å². The number of nitrogens with one attached hydrogen (secondary N) is 3. The average Bonchev–Trinajstić information content (AvgIpc) is 2.55. The molecule has 1 aliphatic rings. The van der Waals surface area contributed by atoms with Gasteiger partial charge in [-0.25, -0.2) is 4.39 Å². The molecular weight excluding hydrogens is 347 g/mol. The van der Waals surface area contributed by atoms with E-state index in [0.717, 1.165) is 25.2 Å². The molecule has 2 amide bonds. The lowest BCUT2D eigenvalue weighted by molar-refractivity contribution is -0.127. The van der Waals surface area contributed by atoms with E-state index in [1.165, 1.54) is 12.1 Å². The largest absolute Gasteiger partial charge is 0.348 e. The summed E-state index contributed by atoms with van der Waals surface area (Å²) in [5.74, 6) is -0.742. The van der Waals surface area contributed by atoms with Crippen molar-refractivity contribution in [3.63, 3.8) is 0 Å². The zero-order chi connectivity index (χ0) is 17.5. The van der Waals surface area contributed by atoms with Crippen LogP contribution >= 0.6 is 12.4 Å². The lowest BCUT2D eigenvalue weighted by Crippen LogP contribution is -2.53. The molecule has 1 saturated heterocycles. The Hall–Kier alpha value is -1.70. The number of hydrogen-bond donors (Lipinski definition) is 3. The number of piperazine rings is 1. The summed E-state index contributed by atoms with van der Waals surface area (Å²) in [7, 11) is 0. The molecule has 0 saturated carbocycles. The number of hydrogen-bond acceptors (Lipinski definition) is 4. The van der Waals surface area contributed by atoms with Gasteiger partial charge in [-0.2, -0.15) is 0 Å². The molecule has 25 heavy (non-hydrogen) atoms. The number of rotatable bonds is 6. The Bertz CT molecular complexity index is 570. The third kappa shape index (κ3) is 6.97. The summed E-state index contributed by atoms with van der Waals surface area (Å²) in [6, 6.07) is 6.03. The lowest BCUT2D eigenvalue weighted by atomic mass is 10.1. The first-order valence-corrected chi connectivity index (χ1v) is 8.22. The van der Waals surface area contributed by atoms with Crippen LogP contribution in [0, 0.1) is 5.82 Å². The number of amides is 2. The first kappa shape index (κ1) is 21.3. The second-order valence-electron chi connectivity index (χ2n) is 6.14. The van der Waals surface area contributed by atoms with Crippen molar-refractivity contribution in [2.45, 2.75) is 25.9 Å². The van der Waals surface area contributed by atoms with E-state index in [9.17, 15) is 14.0 Å². The van der Waals surface area contributed by atoms with Crippen LogP contribution in [0.1, 0.15) is 25.5 Å². The Morgan fingerprint density at radius 3 is 2.64 bits per heavy atom. The van der Waals surface area contributed by atoms with Crippen molar-refractivity contribution in [2.24, 2.45) is 0 Å². The smallest absolute Gasteiger partial charge is 0.239 e. The molecule has 140 valence electrons. The van der Waals surface area contributed by atoms with E-state index >= 15 is 0 Å². The minimum absolute atomic E-state index is 0. The fourth-order valence-electron chi connectivity index (χ4n) is 2.66. The summed E-state index contributed by atoms with van der Waals surface area (Å²) in [4.78, 5) is 26.0. The SMILES string of the molecule is CC(NC(=O)CNC(=O)CN1CCNC[C@H]1C)c1ccc(F)cc1.Cl. The maximum Gasteiger partial charge on any atom is 0.239 e. The highest BCUT2D eigenvalue weighted by atomic mass is 35.5. The molecule has 1 unspecified atom stereocenters. The molecule has 0 bridgehead atoms. The molecule has 2 atom stereocenters. The van der Waals surface area contributed by atoms with Crippen molar-refractivity contribution >= 4 is 24.2 Å². The summed E-state index contributed by atoms with van der Waals surface area (Å²) in [5, 5.41) is 8.69. The van der Waals surface area contributed by atoms with Crippen molar-refractivity contribution in [3.8, 4) is 0 Å². The van der Waals surface area contributed by atoms with E-state index in [-0.39, 0.29) is 42.6 Å². The molecule has 1 fully saturated rings. The van der Waals surface area contributed by atoms with Crippen molar-refractivity contribution in [2.75, 3.05) is 32.7 Å². The topological polar surface area (TPSA) is 73.5 Å². The monoisotopic (exact) mass is 372 g/mol. The molecular formula is C17H26ClFN4O2. The standard InChI is InChI=1S/C17H25FN4O2.ClH/c1-12-9-19-7-8-22(12)11-17(24)20-10-16(23)21-13(2)14-3-5-15(18)6-4-14;/h3-6,12-13,19H,7-11H2,1-2H3,(H,20,24)(H,21,23);1H/t12-,13?;/m1./s1. The number of benzene rings is 1. The fourth-order valence-corrected chi connectivity index (χ4v) is 2.66. The normalized spacial score (nSPS) is 18.8. The lowest BCUT2D eigenvalue weighted by Gasteiger charge is -2.33. The zero-order valence-electron chi connectivity index (χ0n) is 14.5. The van der Waals surface area contributed by atoms with Gasteiger partial charge in [0.1, 0.15) is 5.82 Å². The third-order valence-corrected chi connectivity index (χ3v) is 4.18. The predicted molar refractivity (Wildman–Crippen MR) is 97.1 cm³/mol. The van der Waals surface area contributed by atoms with Gasteiger partial charge in [-0.05, 0) is 31.5 Å². The molecule has 1 aliphatic heterocycles. The maximum atomic E-state index is 12.9. The van der Waals surface area contributed by atoms with Crippen molar-refractivity contribution in [1.29, 1.82) is 0 Å². The molecule has 0 aliphatic carbocycles. The van der Waals surface area contributed by atoms with E-state index in [1.54, 1.807) is 12.1 Å². The van der Waals surface area contributed by atoms with E-state index < -0.39 is 0 Å². The van der Waals surface area contributed by atoms with Crippen LogP contribution in [0.4, 0.5) is 4.39 Å². The van der Waals surface area contributed by atoms with E-state index in [2.05, 4.69) is 27.8 Å². The summed E-state index contributed by atoms with van der Waals surface area (Å²) < 4.78 is 12.9. The molecule has 8 heteroatoms. The second-order valence-corrected chi connectivity index (χ2v) is 6.14. The Morgan fingerprint density at radius 1 is 1.32 bits per heavy atom. The van der Waals surface area contributed by atoms with Gasteiger partial charge in [0.2, 0.25) is 11.8 Å². The van der Waals surface area contributed by atoms with Crippen LogP contribution < -0.4 is 16.0 Å². The molecule has 0 radical (unpaired) electrons. The van der Waals surface area contributed by atoms with Gasteiger partial charge in [0.15, 0.2) is 0 Å². The van der Waals surface area contributed by atoms with Gasteiger partial charge >= 0.3 is 0 Å². The molecule has 1 heterocycles.